The second-order valence-electron chi connectivity index (χ2n) is 4.52. The molecule has 0 fully saturated rings. The van der Waals surface area contributed by atoms with Crippen molar-refractivity contribution < 1.29 is 9.53 Å². The van der Waals surface area contributed by atoms with Crippen molar-refractivity contribution in [3.05, 3.63) is 40.3 Å². The fourth-order valence-electron chi connectivity index (χ4n) is 1.80. The minimum Gasteiger partial charge on any atom is -0.442 e. The topological polar surface area (TPSA) is 80.8 Å². The minimum atomic E-state index is -0.868. The first-order valence-corrected chi connectivity index (χ1v) is 6.61. The molecule has 0 bridgehead atoms. The Labute approximate surface area is 126 Å². The number of carbonyl (C=O) groups is 1. The van der Waals surface area contributed by atoms with Crippen LogP contribution in [0.25, 0.3) is 5.82 Å². The zero-order valence-corrected chi connectivity index (χ0v) is 12.5. The van der Waals surface area contributed by atoms with Crippen LogP contribution in [0.1, 0.15) is 28.8 Å². The van der Waals surface area contributed by atoms with Crippen LogP contribution in [0.15, 0.2) is 18.2 Å². The third-order valence-corrected chi connectivity index (χ3v) is 3.02. The van der Waals surface area contributed by atoms with Crippen molar-refractivity contribution in [2.45, 2.75) is 26.9 Å². The van der Waals surface area contributed by atoms with Gasteiger partial charge in [0.15, 0.2) is 17.6 Å². The molecular weight excluding hydrogens is 292 g/mol. The van der Waals surface area contributed by atoms with Crippen LogP contribution in [0.2, 0.25) is 5.02 Å². The Balaban J connectivity index is 2.40. The monoisotopic (exact) mass is 304 g/mol. The first-order chi connectivity index (χ1) is 9.92. The maximum Gasteiger partial charge on any atom is 0.359 e. The highest BCUT2D eigenvalue weighted by Gasteiger charge is 2.18. The summed E-state index contributed by atoms with van der Waals surface area (Å²) < 4.78 is 6.52. The van der Waals surface area contributed by atoms with E-state index in [0.717, 1.165) is 11.4 Å². The van der Waals surface area contributed by atoms with Gasteiger partial charge in [-0.3, -0.25) is 0 Å². The van der Waals surface area contributed by atoms with E-state index in [4.69, 9.17) is 21.6 Å². The molecule has 2 heterocycles. The Morgan fingerprint density at radius 1 is 1.48 bits per heavy atom. The highest BCUT2D eigenvalue weighted by Crippen LogP contribution is 2.19. The predicted molar refractivity (Wildman–Crippen MR) is 76.3 cm³/mol. The summed E-state index contributed by atoms with van der Waals surface area (Å²) in [6.07, 6.45) is -0.868. The lowest BCUT2D eigenvalue weighted by Crippen LogP contribution is -2.16. The molecule has 0 aromatic carbocycles. The second-order valence-corrected chi connectivity index (χ2v) is 4.92. The Morgan fingerprint density at radius 2 is 2.19 bits per heavy atom. The van der Waals surface area contributed by atoms with Crippen molar-refractivity contribution in [1.82, 2.24) is 14.8 Å². The summed E-state index contributed by atoms with van der Waals surface area (Å²) in [4.78, 5) is 16.1. The van der Waals surface area contributed by atoms with Gasteiger partial charge in [0.05, 0.1) is 10.7 Å². The number of ether oxygens (including phenoxy) is 1. The molecule has 2 aromatic heterocycles. The van der Waals surface area contributed by atoms with Gasteiger partial charge in [0.25, 0.3) is 0 Å². The van der Waals surface area contributed by atoms with Gasteiger partial charge in [0.1, 0.15) is 6.07 Å². The number of carbonyl (C=O) groups excluding carboxylic acids is 1. The average molecular weight is 305 g/mol. The summed E-state index contributed by atoms with van der Waals surface area (Å²) >= 11 is 5.97. The highest BCUT2D eigenvalue weighted by molar-refractivity contribution is 6.33. The lowest BCUT2D eigenvalue weighted by atomic mass is 10.3. The molecule has 2 aromatic rings. The zero-order valence-electron chi connectivity index (χ0n) is 11.8. The fourth-order valence-corrected chi connectivity index (χ4v) is 1.98. The quantitative estimate of drug-likeness (QED) is 0.814. The van der Waals surface area contributed by atoms with Crippen LogP contribution in [0.4, 0.5) is 0 Å². The zero-order chi connectivity index (χ0) is 15.6. The molecule has 0 amide bonds. The molecule has 7 heteroatoms. The summed E-state index contributed by atoms with van der Waals surface area (Å²) in [7, 11) is 0. The van der Waals surface area contributed by atoms with Crippen LogP contribution in [0.5, 0.6) is 0 Å². The first kappa shape index (κ1) is 15.0. The molecule has 0 spiro atoms. The van der Waals surface area contributed by atoms with Crippen molar-refractivity contribution in [3.63, 3.8) is 0 Å². The van der Waals surface area contributed by atoms with E-state index in [0.29, 0.717) is 5.82 Å². The fraction of sp³-hybridized carbons (Fsp3) is 0.286. The van der Waals surface area contributed by atoms with Crippen molar-refractivity contribution in [1.29, 1.82) is 5.26 Å². The van der Waals surface area contributed by atoms with Crippen LogP contribution >= 0.6 is 11.6 Å². The van der Waals surface area contributed by atoms with Gasteiger partial charge in [-0.15, -0.1) is 0 Å². The van der Waals surface area contributed by atoms with Gasteiger partial charge in [-0.25, -0.2) is 14.5 Å². The Kier molecular flexibility index (Phi) is 4.24. The maximum atomic E-state index is 12.0. The molecular formula is C14H13ClN4O2. The molecule has 0 saturated carbocycles. The number of hydrogen-bond donors (Lipinski definition) is 0. The van der Waals surface area contributed by atoms with Crippen LogP contribution < -0.4 is 0 Å². The highest BCUT2D eigenvalue weighted by atomic mass is 35.5. The molecule has 0 N–H and O–H groups in total. The van der Waals surface area contributed by atoms with E-state index in [1.165, 1.54) is 6.92 Å². The van der Waals surface area contributed by atoms with Gasteiger partial charge in [0.2, 0.25) is 0 Å². The van der Waals surface area contributed by atoms with Gasteiger partial charge < -0.3 is 4.74 Å². The summed E-state index contributed by atoms with van der Waals surface area (Å²) in [5, 5.41) is 13.1. The molecule has 0 radical (unpaired) electrons. The molecule has 0 aliphatic rings. The SMILES string of the molecule is Cc1cc(C)n(-c2ccc(Cl)c(C(=O)OC(C)C#N)n2)n1. The molecule has 0 aliphatic heterocycles. The number of aryl methyl sites for hydroxylation is 2. The molecule has 108 valence electrons. The van der Waals surface area contributed by atoms with E-state index in [2.05, 4.69) is 10.1 Å². The van der Waals surface area contributed by atoms with Crippen molar-refractivity contribution >= 4 is 17.6 Å². The van der Waals surface area contributed by atoms with Crippen LogP contribution in [-0.2, 0) is 4.74 Å². The average Bonchev–Trinajstić information content (AvgIpc) is 2.78. The molecule has 21 heavy (non-hydrogen) atoms. The van der Waals surface area contributed by atoms with E-state index < -0.39 is 12.1 Å². The Morgan fingerprint density at radius 3 is 2.76 bits per heavy atom. The molecule has 0 saturated heterocycles. The number of pyridine rings is 1. The smallest absolute Gasteiger partial charge is 0.359 e. The molecule has 2 rings (SSSR count). The van der Waals surface area contributed by atoms with E-state index in [9.17, 15) is 4.79 Å². The molecule has 0 aliphatic carbocycles. The number of esters is 1. The van der Waals surface area contributed by atoms with Gasteiger partial charge in [-0.2, -0.15) is 10.4 Å². The lowest BCUT2D eigenvalue weighted by Gasteiger charge is -2.09. The van der Waals surface area contributed by atoms with E-state index >= 15 is 0 Å². The third kappa shape index (κ3) is 3.20. The molecule has 6 nitrogen and oxygen atoms in total. The largest absolute Gasteiger partial charge is 0.442 e. The number of rotatable bonds is 3. The normalized spacial score (nSPS) is 11.8. The van der Waals surface area contributed by atoms with Crippen LogP contribution in [0.3, 0.4) is 0 Å². The predicted octanol–water partition coefficient (Wildman–Crippen LogP) is 2.61. The van der Waals surface area contributed by atoms with E-state index in [-0.39, 0.29) is 10.7 Å². The van der Waals surface area contributed by atoms with Gasteiger partial charge in [0, 0.05) is 5.69 Å². The van der Waals surface area contributed by atoms with E-state index in [1.54, 1.807) is 16.8 Å². The minimum absolute atomic E-state index is 0.0381. The maximum absolute atomic E-state index is 12.0. The number of halogens is 1. The summed E-state index contributed by atoms with van der Waals surface area (Å²) in [5.74, 6) is -0.279. The molecule has 1 unspecified atom stereocenters. The Bertz CT molecular complexity index is 733. The Hall–Kier alpha value is -2.39. The van der Waals surface area contributed by atoms with Gasteiger partial charge in [-0.1, -0.05) is 11.6 Å². The van der Waals surface area contributed by atoms with Crippen molar-refractivity contribution in [2.75, 3.05) is 0 Å². The second kappa shape index (κ2) is 5.94. The number of hydrogen-bond acceptors (Lipinski definition) is 5. The van der Waals surface area contributed by atoms with Crippen LogP contribution in [0, 0.1) is 25.2 Å². The van der Waals surface area contributed by atoms with Crippen LogP contribution in [-0.4, -0.2) is 26.8 Å². The number of nitriles is 1. The van der Waals surface area contributed by atoms with Crippen molar-refractivity contribution in [3.8, 4) is 11.9 Å². The summed E-state index contributed by atoms with van der Waals surface area (Å²) in [6, 6.07) is 6.92. The lowest BCUT2D eigenvalue weighted by molar-refractivity contribution is 0.0428. The molecule has 1 atom stereocenters. The van der Waals surface area contributed by atoms with Crippen molar-refractivity contribution in [2.24, 2.45) is 0 Å². The van der Waals surface area contributed by atoms with Gasteiger partial charge in [-0.05, 0) is 39.0 Å². The standard InChI is InChI=1S/C14H13ClN4O2/c1-8-6-9(2)19(18-8)12-5-4-11(15)13(17-12)14(20)21-10(3)7-16/h4-6,10H,1-3H3. The number of aromatic nitrogens is 3. The van der Waals surface area contributed by atoms with Gasteiger partial charge >= 0.3 is 5.97 Å². The summed E-state index contributed by atoms with van der Waals surface area (Å²) in [6.45, 7) is 5.21. The third-order valence-electron chi connectivity index (χ3n) is 2.72. The first-order valence-electron chi connectivity index (χ1n) is 6.23. The number of nitrogens with zero attached hydrogens (tertiary/aromatic N) is 4. The van der Waals surface area contributed by atoms with E-state index in [1.807, 2.05) is 26.0 Å². The summed E-state index contributed by atoms with van der Waals surface area (Å²) in [5.41, 5.74) is 1.68.